The Hall–Kier alpha value is -3.12. The zero-order chi connectivity index (χ0) is 18.7. The van der Waals surface area contributed by atoms with E-state index in [1.54, 1.807) is 24.4 Å². The molecule has 26 heavy (non-hydrogen) atoms. The standard InChI is InChI=1S/C20H22N4O2/c1-20(2,12-25)14-8-6-13(7-9-14)17-11-22-19(21)24-18(17)23-15-4-3-5-16(26)10-15/h3-11,25-26H,12H2,1-2H3,(H3,21,22,23,24). The van der Waals surface area contributed by atoms with Crippen molar-refractivity contribution >= 4 is 17.5 Å². The zero-order valence-electron chi connectivity index (χ0n) is 14.8. The summed E-state index contributed by atoms with van der Waals surface area (Å²) in [6.07, 6.45) is 1.67. The van der Waals surface area contributed by atoms with Gasteiger partial charge in [0, 0.05) is 28.9 Å². The van der Waals surface area contributed by atoms with Gasteiger partial charge in [0.1, 0.15) is 11.6 Å². The highest BCUT2D eigenvalue weighted by molar-refractivity contribution is 5.78. The number of anilines is 3. The molecule has 0 amide bonds. The van der Waals surface area contributed by atoms with Gasteiger partial charge in [0.25, 0.3) is 0 Å². The second-order valence-corrected chi connectivity index (χ2v) is 6.79. The van der Waals surface area contributed by atoms with Gasteiger partial charge in [-0.25, -0.2) is 4.98 Å². The average molecular weight is 350 g/mol. The third-order valence-corrected chi connectivity index (χ3v) is 4.29. The summed E-state index contributed by atoms with van der Waals surface area (Å²) in [6.45, 7) is 4.05. The molecule has 3 aromatic rings. The minimum absolute atomic E-state index is 0.0711. The summed E-state index contributed by atoms with van der Waals surface area (Å²) < 4.78 is 0. The van der Waals surface area contributed by atoms with Gasteiger partial charge in [0.2, 0.25) is 5.95 Å². The number of phenolic OH excluding ortho intramolecular Hbond substituents is 1. The van der Waals surface area contributed by atoms with E-state index >= 15 is 0 Å². The van der Waals surface area contributed by atoms with Crippen LogP contribution in [-0.4, -0.2) is 26.8 Å². The molecular formula is C20H22N4O2. The molecule has 5 N–H and O–H groups in total. The van der Waals surface area contributed by atoms with E-state index in [-0.39, 0.29) is 23.7 Å². The largest absolute Gasteiger partial charge is 0.508 e. The van der Waals surface area contributed by atoms with E-state index < -0.39 is 0 Å². The average Bonchev–Trinajstić information content (AvgIpc) is 2.62. The highest BCUT2D eigenvalue weighted by Gasteiger charge is 2.19. The smallest absolute Gasteiger partial charge is 0.221 e. The predicted molar refractivity (Wildman–Crippen MR) is 103 cm³/mol. The maximum absolute atomic E-state index is 9.64. The number of phenols is 1. The second-order valence-electron chi connectivity index (χ2n) is 6.79. The van der Waals surface area contributed by atoms with Crippen LogP contribution < -0.4 is 11.1 Å². The lowest BCUT2D eigenvalue weighted by Crippen LogP contribution is -2.21. The summed E-state index contributed by atoms with van der Waals surface area (Å²) >= 11 is 0. The molecule has 0 saturated carbocycles. The van der Waals surface area contributed by atoms with Crippen LogP contribution in [0.1, 0.15) is 19.4 Å². The minimum Gasteiger partial charge on any atom is -0.508 e. The van der Waals surface area contributed by atoms with Gasteiger partial charge in [-0.2, -0.15) is 4.98 Å². The Morgan fingerprint density at radius 3 is 2.50 bits per heavy atom. The number of nitrogens with two attached hydrogens (primary N) is 1. The Morgan fingerprint density at radius 1 is 1.12 bits per heavy atom. The van der Waals surface area contributed by atoms with Crippen molar-refractivity contribution in [1.82, 2.24) is 9.97 Å². The molecule has 0 aliphatic carbocycles. The van der Waals surface area contributed by atoms with E-state index in [1.807, 2.05) is 44.2 Å². The van der Waals surface area contributed by atoms with E-state index in [2.05, 4.69) is 15.3 Å². The molecule has 6 heteroatoms. The van der Waals surface area contributed by atoms with Crippen molar-refractivity contribution in [2.45, 2.75) is 19.3 Å². The van der Waals surface area contributed by atoms with Gasteiger partial charge in [-0.3, -0.25) is 0 Å². The van der Waals surface area contributed by atoms with Crippen molar-refractivity contribution in [3.05, 3.63) is 60.3 Å². The van der Waals surface area contributed by atoms with Crippen LogP contribution >= 0.6 is 0 Å². The van der Waals surface area contributed by atoms with E-state index in [0.717, 1.165) is 16.7 Å². The Bertz CT molecular complexity index is 908. The number of aliphatic hydroxyl groups is 1. The van der Waals surface area contributed by atoms with E-state index in [9.17, 15) is 10.2 Å². The van der Waals surface area contributed by atoms with Crippen molar-refractivity contribution in [3.63, 3.8) is 0 Å². The first kappa shape index (κ1) is 17.7. The highest BCUT2D eigenvalue weighted by Crippen LogP contribution is 2.31. The predicted octanol–water partition coefficient (Wildman–Crippen LogP) is 3.44. The molecule has 6 nitrogen and oxygen atoms in total. The van der Waals surface area contributed by atoms with Crippen molar-refractivity contribution in [2.24, 2.45) is 0 Å². The SMILES string of the molecule is CC(C)(CO)c1ccc(-c2cnc(N)nc2Nc2cccc(O)c2)cc1. The molecule has 3 rings (SSSR count). The van der Waals surface area contributed by atoms with Crippen LogP contribution in [0.5, 0.6) is 5.75 Å². The van der Waals surface area contributed by atoms with E-state index in [4.69, 9.17) is 5.73 Å². The fourth-order valence-electron chi connectivity index (χ4n) is 2.61. The number of hydrogen-bond donors (Lipinski definition) is 4. The first-order valence-electron chi connectivity index (χ1n) is 8.29. The lowest BCUT2D eigenvalue weighted by Gasteiger charge is -2.22. The number of aliphatic hydroxyl groups excluding tert-OH is 1. The summed E-state index contributed by atoms with van der Waals surface area (Å²) in [5, 5.41) is 22.4. The molecule has 0 unspecified atom stereocenters. The molecule has 0 radical (unpaired) electrons. The van der Waals surface area contributed by atoms with Gasteiger partial charge >= 0.3 is 0 Å². The monoisotopic (exact) mass is 350 g/mol. The summed E-state index contributed by atoms with van der Waals surface area (Å²) in [5.74, 6) is 0.876. The number of hydrogen-bond acceptors (Lipinski definition) is 6. The van der Waals surface area contributed by atoms with Gasteiger partial charge in [-0.05, 0) is 23.3 Å². The fraction of sp³-hybridized carbons (Fsp3) is 0.200. The van der Waals surface area contributed by atoms with Crippen LogP contribution in [0.4, 0.5) is 17.5 Å². The minimum atomic E-state index is -0.307. The molecule has 0 saturated heterocycles. The fourth-order valence-corrected chi connectivity index (χ4v) is 2.61. The first-order chi connectivity index (χ1) is 12.4. The maximum Gasteiger partial charge on any atom is 0.221 e. The van der Waals surface area contributed by atoms with Crippen LogP contribution in [0.3, 0.4) is 0 Å². The Balaban J connectivity index is 1.97. The molecule has 134 valence electrons. The van der Waals surface area contributed by atoms with Crippen LogP contribution in [0, 0.1) is 0 Å². The summed E-state index contributed by atoms with van der Waals surface area (Å²) in [6, 6.07) is 14.7. The topological polar surface area (TPSA) is 104 Å². The molecule has 1 aromatic heterocycles. The quantitative estimate of drug-likeness (QED) is 0.562. The highest BCUT2D eigenvalue weighted by atomic mass is 16.3. The van der Waals surface area contributed by atoms with E-state index in [0.29, 0.717) is 11.5 Å². The molecule has 0 atom stereocenters. The number of rotatable bonds is 5. The van der Waals surface area contributed by atoms with Crippen LogP contribution in [0.15, 0.2) is 54.7 Å². The van der Waals surface area contributed by atoms with E-state index in [1.165, 1.54) is 0 Å². The van der Waals surface area contributed by atoms with Gasteiger partial charge in [0.15, 0.2) is 0 Å². The lowest BCUT2D eigenvalue weighted by molar-refractivity contribution is 0.218. The van der Waals surface area contributed by atoms with Crippen LogP contribution in [-0.2, 0) is 5.41 Å². The van der Waals surface area contributed by atoms with Crippen molar-refractivity contribution in [2.75, 3.05) is 17.7 Å². The first-order valence-corrected chi connectivity index (χ1v) is 8.29. The van der Waals surface area contributed by atoms with Gasteiger partial charge in [-0.15, -0.1) is 0 Å². The van der Waals surface area contributed by atoms with Gasteiger partial charge < -0.3 is 21.3 Å². The molecule has 0 bridgehead atoms. The van der Waals surface area contributed by atoms with Gasteiger partial charge in [-0.1, -0.05) is 44.2 Å². The zero-order valence-corrected chi connectivity index (χ0v) is 14.8. The molecule has 0 aliphatic rings. The molecule has 1 heterocycles. The molecule has 2 aromatic carbocycles. The number of aromatic hydroxyl groups is 1. The lowest BCUT2D eigenvalue weighted by atomic mass is 9.85. The van der Waals surface area contributed by atoms with Crippen molar-refractivity contribution in [1.29, 1.82) is 0 Å². The van der Waals surface area contributed by atoms with Crippen molar-refractivity contribution in [3.8, 4) is 16.9 Å². The number of nitrogen functional groups attached to an aromatic ring is 1. The number of benzene rings is 2. The number of aromatic nitrogens is 2. The maximum atomic E-state index is 9.64. The normalized spacial score (nSPS) is 11.3. The van der Waals surface area contributed by atoms with Crippen LogP contribution in [0.2, 0.25) is 0 Å². The second kappa shape index (κ2) is 7.01. The Labute approximate surface area is 152 Å². The summed E-state index contributed by atoms with van der Waals surface area (Å²) in [5.41, 5.74) is 8.89. The van der Waals surface area contributed by atoms with Crippen LogP contribution in [0.25, 0.3) is 11.1 Å². The third kappa shape index (κ3) is 3.75. The molecule has 0 fully saturated rings. The molecule has 0 aliphatic heterocycles. The van der Waals surface area contributed by atoms with Crippen molar-refractivity contribution < 1.29 is 10.2 Å². The Morgan fingerprint density at radius 2 is 1.85 bits per heavy atom. The molecular weight excluding hydrogens is 328 g/mol. The number of nitrogens with zero attached hydrogens (tertiary/aromatic N) is 2. The Kier molecular flexibility index (Phi) is 4.77. The van der Waals surface area contributed by atoms with Gasteiger partial charge in [0.05, 0.1) is 6.61 Å². The number of nitrogens with one attached hydrogen (secondary N) is 1. The summed E-state index contributed by atoms with van der Waals surface area (Å²) in [7, 11) is 0. The summed E-state index contributed by atoms with van der Waals surface area (Å²) in [4.78, 5) is 8.40. The molecule has 0 spiro atoms. The third-order valence-electron chi connectivity index (χ3n) is 4.29.